The van der Waals surface area contributed by atoms with Crippen molar-refractivity contribution in [2.75, 3.05) is 20.4 Å². The summed E-state index contributed by atoms with van der Waals surface area (Å²) in [5, 5.41) is 11.7. The van der Waals surface area contributed by atoms with E-state index < -0.39 is 4.92 Å². The highest BCUT2D eigenvalue weighted by Gasteiger charge is 2.17. The Kier molecular flexibility index (Phi) is 4.77. The summed E-state index contributed by atoms with van der Waals surface area (Å²) in [4.78, 5) is 16.3. The van der Waals surface area contributed by atoms with Crippen molar-refractivity contribution in [1.29, 1.82) is 0 Å². The Labute approximate surface area is 109 Å². The fourth-order valence-electron chi connectivity index (χ4n) is 1.11. The van der Waals surface area contributed by atoms with Gasteiger partial charge in [0.05, 0.1) is 9.95 Å². The molecule has 0 saturated carbocycles. The molecule has 0 radical (unpaired) electrons. The van der Waals surface area contributed by atoms with E-state index in [1.54, 1.807) is 17.2 Å². The van der Waals surface area contributed by atoms with Crippen LogP contribution in [-0.4, -0.2) is 35.2 Å². The third-order valence-electron chi connectivity index (χ3n) is 1.87. The molecule has 0 aliphatic rings. The highest BCUT2D eigenvalue weighted by Crippen LogP contribution is 2.30. The second kappa shape index (κ2) is 5.88. The minimum atomic E-state index is -0.488. The van der Waals surface area contributed by atoms with E-state index >= 15 is 0 Å². The maximum atomic E-state index is 10.9. The molecule has 92 valence electrons. The first-order valence-electron chi connectivity index (χ1n) is 4.69. The third kappa shape index (κ3) is 3.61. The zero-order chi connectivity index (χ0) is 13.0. The van der Waals surface area contributed by atoms with Gasteiger partial charge in [-0.3, -0.25) is 10.1 Å². The zero-order valence-corrected chi connectivity index (χ0v) is 11.2. The monoisotopic (exact) mass is 273 g/mol. The summed E-state index contributed by atoms with van der Waals surface area (Å²) in [6.07, 6.45) is 5.11. The second-order valence-electron chi connectivity index (χ2n) is 3.42. The third-order valence-corrected chi connectivity index (χ3v) is 2.97. The molecule has 0 aromatic carbocycles. The van der Waals surface area contributed by atoms with Gasteiger partial charge < -0.3 is 4.90 Å². The van der Waals surface area contributed by atoms with Gasteiger partial charge >= 0.3 is 0 Å². The van der Waals surface area contributed by atoms with Crippen LogP contribution in [0.1, 0.15) is 5.69 Å². The minimum Gasteiger partial charge on any atom is -0.383 e. The molecule has 0 spiro atoms. The van der Waals surface area contributed by atoms with E-state index in [1.807, 2.05) is 20.4 Å². The molecule has 0 fully saturated rings. The van der Waals surface area contributed by atoms with Crippen molar-refractivity contribution in [3.63, 3.8) is 0 Å². The lowest BCUT2D eigenvalue weighted by Crippen LogP contribution is -2.01. The molecule has 17 heavy (non-hydrogen) atoms. The van der Waals surface area contributed by atoms with Crippen molar-refractivity contribution >= 4 is 35.1 Å². The molecule has 1 aromatic heterocycles. The predicted molar refractivity (Wildman–Crippen MR) is 70.4 cm³/mol. The van der Waals surface area contributed by atoms with Gasteiger partial charge in [0, 0.05) is 26.4 Å². The number of halogens is 1. The normalized spacial score (nSPS) is 10.8. The first kappa shape index (κ1) is 13.8. The van der Waals surface area contributed by atoms with Crippen LogP contribution in [0.25, 0.3) is 6.08 Å². The molecule has 0 aliphatic carbocycles. The van der Waals surface area contributed by atoms with Gasteiger partial charge in [-0.05, 0) is 12.3 Å². The average Bonchev–Trinajstić information content (AvgIpc) is 2.26. The minimum absolute atomic E-state index is 0.0918. The van der Waals surface area contributed by atoms with E-state index in [4.69, 9.17) is 11.6 Å². The summed E-state index contributed by atoms with van der Waals surface area (Å²) in [7, 11) is 3.65. The lowest BCUT2D eigenvalue weighted by molar-refractivity contribution is -0.385. The summed E-state index contributed by atoms with van der Waals surface area (Å²) in [6.45, 7) is 0. The molecule has 1 aromatic rings. The van der Waals surface area contributed by atoms with Crippen LogP contribution < -0.4 is 0 Å². The van der Waals surface area contributed by atoms with Gasteiger partial charge in [-0.2, -0.15) is 0 Å². The molecule has 1 rings (SSSR count). The predicted octanol–water partition coefficient (Wildman–Crippen LogP) is 2.90. The van der Waals surface area contributed by atoms with E-state index in [2.05, 4.69) is 4.98 Å². The van der Waals surface area contributed by atoms with Crippen molar-refractivity contribution < 1.29 is 4.92 Å². The molecular formula is C10H12ClN3O2S. The summed E-state index contributed by atoms with van der Waals surface area (Å²) in [5.41, 5.74) is 0.211. The van der Waals surface area contributed by atoms with Gasteiger partial charge in [-0.15, -0.1) is 11.8 Å². The van der Waals surface area contributed by atoms with Crippen LogP contribution in [0.4, 0.5) is 5.69 Å². The standard InChI is InChI=1S/C10H12ClN3O2S/c1-13(2)5-4-8-9(14(15)16)6-7(11)10(12-8)17-3/h4-6H,1-3H3/b5-4+. The number of nitrogens with zero attached hydrogens (tertiary/aromatic N) is 3. The maximum Gasteiger partial charge on any atom is 0.296 e. The van der Waals surface area contributed by atoms with Crippen LogP contribution in [0, 0.1) is 10.1 Å². The molecule has 0 N–H and O–H groups in total. The Morgan fingerprint density at radius 3 is 2.71 bits per heavy atom. The lowest BCUT2D eigenvalue weighted by atomic mass is 10.3. The maximum absolute atomic E-state index is 10.9. The van der Waals surface area contributed by atoms with Crippen molar-refractivity contribution in [3.05, 3.63) is 33.1 Å². The van der Waals surface area contributed by atoms with E-state index in [9.17, 15) is 10.1 Å². The number of nitro groups is 1. The molecule has 0 atom stereocenters. The zero-order valence-electron chi connectivity index (χ0n) is 9.68. The lowest BCUT2D eigenvalue weighted by Gasteiger charge is -2.05. The molecular weight excluding hydrogens is 262 g/mol. The molecule has 0 unspecified atom stereocenters. The van der Waals surface area contributed by atoms with Crippen molar-refractivity contribution in [2.45, 2.75) is 5.03 Å². The van der Waals surface area contributed by atoms with Crippen LogP contribution >= 0.6 is 23.4 Å². The van der Waals surface area contributed by atoms with Crippen molar-refractivity contribution in [3.8, 4) is 0 Å². The first-order chi connectivity index (χ1) is 7.95. The highest BCUT2D eigenvalue weighted by atomic mass is 35.5. The fourth-order valence-corrected chi connectivity index (χ4v) is 1.93. The van der Waals surface area contributed by atoms with E-state index in [1.165, 1.54) is 17.8 Å². The first-order valence-corrected chi connectivity index (χ1v) is 6.29. The van der Waals surface area contributed by atoms with Gasteiger partial charge in [0.1, 0.15) is 10.7 Å². The number of rotatable bonds is 4. The number of hydrogen-bond donors (Lipinski definition) is 0. The smallest absolute Gasteiger partial charge is 0.296 e. The van der Waals surface area contributed by atoms with Gasteiger partial charge in [-0.25, -0.2) is 4.98 Å². The van der Waals surface area contributed by atoms with Crippen LogP contribution in [0.3, 0.4) is 0 Å². The number of pyridine rings is 1. The van der Waals surface area contributed by atoms with Gasteiger partial charge in [0.25, 0.3) is 5.69 Å². The number of thioether (sulfide) groups is 1. The summed E-state index contributed by atoms with van der Waals surface area (Å²) in [6, 6.07) is 1.33. The fraction of sp³-hybridized carbons (Fsp3) is 0.300. The van der Waals surface area contributed by atoms with Crippen LogP contribution in [0.15, 0.2) is 17.3 Å². The molecule has 0 bridgehead atoms. The van der Waals surface area contributed by atoms with Crippen LogP contribution in [0.2, 0.25) is 5.02 Å². The molecule has 0 aliphatic heterocycles. The Morgan fingerprint density at radius 2 is 2.24 bits per heavy atom. The van der Waals surface area contributed by atoms with Crippen molar-refractivity contribution in [2.24, 2.45) is 0 Å². The van der Waals surface area contributed by atoms with Gasteiger partial charge in [-0.1, -0.05) is 11.6 Å². The van der Waals surface area contributed by atoms with Gasteiger partial charge in [0.15, 0.2) is 0 Å². The largest absolute Gasteiger partial charge is 0.383 e. The number of hydrogen-bond acceptors (Lipinski definition) is 5. The SMILES string of the molecule is CSc1nc(/C=C/N(C)C)c([N+](=O)[O-])cc1Cl. The average molecular weight is 274 g/mol. The molecule has 0 saturated heterocycles. The Hall–Kier alpha value is -1.27. The number of aromatic nitrogens is 1. The van der Waals surface area contributed by atoms with Crippen LogP contribution in [-0.2, 0) is 0 Å². The Bertz CT molecular complexity index is 463. The quantitative estimate of drug-likeness (QED) is 0.480. The van der Waals surface area contributed by atoms with Gasteiger partial charge in [0.2, 0.25) is 0 Å². The van der Waals surface area contributed by atoms with Crippen molar-refractivity contribution in [1.82, 2.24) is 9.88 Å². The molecule has 1 heterocycles. The summed E-state index contributed by atoms with van der Waals surface area (Å²) >= 11 is 7.24. The van der Waals surface area contributed by atoms with E-state index in [0.717, 1.165) is 0 Å². The Morgan fingerprint density at radius 1 is 1.59 bits per heavy atom. The summed E-state index contributed by atoms with van der Waals surface area (Å²) in [5.74, 6) is 0. The van der Waals surface area contributed by atoms with E-state index in [0.29, 0.717) is 15.7 Å². The molecule has 7 heteroatoms. The second-order valence-corrected chi connectivity index (χ2v) is 4.62. The van der Waals surface area contributed by atoms with Crippen LogP contribution in [0.5, 0.6) is 0 Å². The van der Waals surface area contributed by atoms with E-state index in [-0.39, 0.29) is 5.69 Å². The topological polar surface area (TPSA) is 59.3 Å². The molecule has 0 amide bonds. The summed E-state index contributed by atoms with van der Waals surface area (Å²) < 4.78 is 0. The highest BCUT2D eigenvalue weighted by molar-refractivity contribution is 7.98. The molecule has 5 nitrogen and oxygen atoms in total. The Balaban J connectivity index is 3.29.